The van der Waals surface area contributed by atoms with Crippen LogP contribution in [0.5, 0.6) is 0 Å². The number of nitrogens with zero attached hydrogens (tertiary/aromatic N) is 2. The minimum absolute atomic E-state index is 0.186. The van der Waals surface area contributed by atoms with Gasteiger partial charge in [-0.25, -0.2) is 8.78 Å². The molecule has 0 unspecified atom stereocenters. The number of nitrogens with one attached hydrogen (secondary N) is 1. The summed E-state index contributed by atoms with van der Waals surface area (Å²) in [4.78, 5) is 4.34. The topological polar surface area (TPSA) is 44.5 Å². The monoisotopic (exact) mass is 390 g/mol. The molecule has 0 amide bonds. The number of hydrogen-bond donors (Lipinski definition) is 2. The molecule has 0 aromatic heterocycles. The van der Waals surface area contributed by atoms with E-state index in [4.69, 9.17) is 5.73 Å². The number of alkyl halides is 2. The third-order valence-corrected chi connectivity index (χ3v) is 5.94. The average Bonchev–Trinajstić information content (AvgIpc) is 2.68. The number of rotatable bonds is 4. The molecule has 0 atom stereocenters. The van der Waals surface area contributed by atoms with Gasteiger partial charge >= 0.3 is 0 Å². The summed E-state index contributed by atoms with van der Waals surface area (Å²) in [6, 6.07) is 0.357. The lowest BCUT2D eigenvalue weighted by Crippen LogP contribution is -2.40. The smallest absolute Gasteiger partial charge is 0.102 e. The van der Waals surface area contributed by atoms with Crippen molar-refractivity contribution >= 4 is 0 Å². The Kier molecular flexibility index (Phi) is 14.3. The Bertz CT molecular complexity index is 300. The first-order valence-corrected chi connectivity index (χ1v) is 11.1. The molecule has 6 heteroatoms. The van der Waals surface area contributed by atoms with Crippen molar-refractivity contribution in [3.8, 4) is 0 Å². The Morgan fingerprint density at radius 1 is 0.741 bits per heavy atom. The lowest BCUT2D eigenvalue weighted by atomic mass is 9.99. The Labute approximate surface area is 166 Å². The fourth-order valence-corrected chi connectivity index (χ4v) is 3.67. The highest BCUT2D eigenvalue weighted by Crippen LogP contribution is 2.15. The SMILES string of the molecule is CC1CCN(CCF)CC1.CC1CCNCC1.NC1CCN(CCF)CC1. The van der Waals surface area contributed by atoms with Gasteiger partial charge in [0.1, 0.15) is 13.3 Å². The maximum Gasteiger partial charge on any atom is 0.102 e. The van der Waals surface area contributed by atoms with Crippen molar-refractivity contribution in [2.45, 2.75) is 58.4 Å². The van der Waals surface area contributed by atoms with Gasteiger partial charge in [-0.1, -0.05) is 13.8 Å². The maximum absolute atomic E-state index is 11.8. The van der Waals surface area contributed by atoms with Gasteiger partial charge in [0.2, 0.25) is 0 Å². The van der Waals surface area contributed by atoms with Crippen molar-refractivity contribution in [3.05, 3.63) is 0 Å². The fraction of sp³-hybridized carbons (Fsp3) is 1.00. The molecule has 0 aromatic rings. The molecule has 0 radical (unpaired) electrons. The Balaban J connectivity index is 0.000000206. The van der Waals surface area contributed by atoms with Gasteiger partial charge < -0.3 is 20.9 Å². The summed E-state index contributed by atoms with van der Waals surface area (Å²) in [5.74, 6) is 1.83. The van der Waals surface area contributed by atoms with Gasteiger partial charge in [0.25, 0.3) is 0 Å². The molecule has 3 N–H and O–H groups in total. The summed E-state index contributed by atoms with van der Waals surface area (Å²) in [6.45, 7) is 12.0. The highest BCUT2D eigenvalue weighted by molar-refractivity contribution is 4.73. The summed E-state index contributed by atoms with van der Waals surface area (Å²) in [5.41, 5.74) is 5.67. The number of likely N-dealkylation sites (tertiary alicyclic amines) is 2. The molecule has 3 heterocycles. The van der Waals surface area contributed by atoms with Crippen LogP contribution in [0.1, 0.15) is 52.4 Å². The van der Waals surface area contributed by atoms with E-state index in [1.54, 1.807) is 0 Å². The second-order valence-corrected chi connectivity index (χ2v) is 8.51. The predicted octanol–water partition coefficient (Wildman–Crippen LogP) is 3.07. The lowest BCUT2D eigenvalue weighted by Gasteiger charge is -2.29. The van der Waals surface area contributed by atoms with E-state index < -0.39 is 0 Å². The van der Waals surface area contributed by atoms with E-state index in [9.17, 15) is 8.78 Å². The first-order valence-electron chi connectivity index (χ1n) is 11.1. The van der Waals surface area contributed by atoms with Gasteiger partial charge in [-0.05, 0) is 89.6 Å². The van der Waals surface area contributed by atoms with Crippen molar-refractivity contribution in [1.29, 1.82) is 0 Å². The van der Waals surface area contributed by atoms with Gasteiger partial charge in [-0.3, -0.25) is 0 Å². The van der Waals surface area contributed by atoms with Gasteiger partial charge in [0, 0.05) is 19.1 Å². The summed E-state index contributed by atoms with van der Waals surface area (Å²) >= 11 is 0. The van der Waals surface area contributed by atoms with E-state index in [2.05, 4.69) is 29.0 Å². The molecule has 0 bridgehead atoms. The van der Waals surface area contributed by atoms with E-state index in [-0.39, 0.29) is 13.3 Å². The van der Waals surface area contributed by atoms with Crippen LogP contribution in [0.4, 0.5) is 8.78 Å². The highest BCUT2D eigenvalue weighted by atomic mass is 19.1. The van der Waals surface area contributed by atoms with Crippen LogP contribution in [-0.4, -0.2) is 81.5 Å². The summed E-state index contributed by atoms with van der Waals surface area (Å²) in [6.07, 6.45) is 7.31. The van der Waals surface area contributed by atoms with Crippen molar-refractivity contribution in [2.24, 2.45) is 17.6 Å². The van der Waals surface area contributed by atoms with E-state index in [1.807, 2.05) is 0 Å². The van der Waals surface area contributed by atoms with Crippen molar-refractivity contribution in [1.82, 2.24) is 15.1 Å². The number of halogens is 2. The third-order valence-electron chi connectivity index (χ3n) is 5.94. The van der Waals surface area contributed by atoms with Crippen LogP contribution in [0, 0.1) is 11.8 Å². The molecular weight excluding hydrogens is 346 g/mol. The minimum Gasteiger partial charge on any atom is -0.328 e. The standard InChI is InChI=1S/C8H16FN.C7H15FN2.C6H13N/c1-8-2-5-10(6-3-8)7-4-9;8-3-6-10-4-1-7(9)2-5-10;1-6-2-4-7-5-3-6/h8H,2-7H2,1H3;7H,1-6,9H2;6-7H,2-5H2,1H3. The number of nitrogens with two attached hydrogens (primary N) is 1. The molecule has 0 aromatic carbocycles. The van der Waals surface area contributed by atoms with Gasteiger partial charge in [0.05, 0.1) is 0 Å². The Morgan fingerprint density at radius 3 is 1.52 bits per heavy atom. The minimum atomic E-state index is -0.227. The van der Waals surface area contributed by atoms with Crippen LogP contribution < -0.4 is 11.1 Å². The van der Waals surface area contributed by atoms with Gasteiger partial charge in [-0.15, -0.1) is 0 Å². The van der Waals surface area contributed by atoms with E-state index in [0.29, 0.717) is 19.1 Å². The summed E-state index contributed by atoms with van der Waals surface area (Å²) in [7, 11) is 0. The fourth-order valence-electron chi connectivity index (χ4n) is 3.67. The predicted molar refractivity (Wildman–Crippen MR) is 112 cm³/mol. The number of piperidine rings is 3. The normalized spacial score (nSPS) is 23.9. The van der Waals surface area contributed by atoms with Gasteiger partial charge in [-0.2, -0.15) is 0 Å². The molecule has 0 spiro atoms. The molecule has 3 aliphatic heterocycles. The lowest BCUT2D eigenvalue weighted by molar-refractivity contribution is 0.180. The van der Waals surface area contributed by atoms with Crippen LogP contribution in [0.25, 0.3) is 0 Å². The molecule has 3 rings (SSSR count). The third kappa shape index (κ3) is 12.7. The average molecular weight is 391 g/mol. The molecule has 3 aliphatic rings. The molecule has 0 aliphatic carbocycles. The van der Waals surface area contributed by atoms with Crippen molar-refractivity contribution in [3.63, 3.8) is 0 Å². The first-order chi connectivity index (χ1) is 13.0. The molecular formula is C21H44F2N4. The zero-order valence-electron chi connectivity index (χ0n) is 17.8. The van der Waals surface area contributed by atoms with Crippen LogP contribution in [0.15, 0.2) is 0 Å². The molecule has 3 saturated heterocycles. The summed E-state index contributed by atoms with van der Waals surface area (Å²) in [5, 5.41) is 3.32. The van der Waals surface area contributed by atoms with E-state index >= 15 is 0 Å². The van der Waals surface area contributed by atoms with E-state index in [0.717, 1.165) is 50.9 Å². The molecule has 162 valence electrons. The second-order valence-electron chi connectivity index (χ2n) is 8.51. The molecule has 0 saturated carbocycles. The zero-order chi connectivity index (χ0) is 19.9. The van der Waals surface area contributed by atoms with Crippen molar-refractivity contribution in [2.75, 3.05) is 65.7 Å². The zero-order valence-corrected chi connectivity index (χ0v) is 17.8. The first kappa shape index (κ1) is 24.7. The Morgan fingerprint density at radius 2 is 1.15 bits per heavy atom. The molecule has 27 heavy (non-hydrogen) atoms. The van der Waals surface area contributed by atoms with Crippen molar-refractivity contribution < 1.29 is 8.78 Å². The van der Waals surface area contributed by atoms with E-state index in [1.165, 1.54) is 38.8 Å². The summed E-state index contributed by atoms with van der Waals surface area (Å²) < 4.78 is 23.6. The quantitative estimate of drug-likeness (QED) is 0.774. The number of hydrogen-bond acceptors (Lipinski definition) is 4. The van der Waals surface area contributed by atoms with Crippen LogP contribution in [0.2, 0.25) is 0 Å². The van der Waals surface area contributed by atoms with Gasteiger partial charge in [0.15, 0.2) is 0 Å². The maximum atomic E-state index is 11.8. The Hall–Kier alpha value is -0.300. The largest absolute Gasteiger partial charge is 0.328 e. The molecule has 3 fully saturated rings. The second kappa shape index (κ2) is 15.6. The highest BCUT2D eigenvalue weighted by Gasteiger charge is 2.15. The molecule has 4 nitrogen and oxygen atoms in total. The van der Waals surface area contributed by atoms with Crippen LogP contribution in [0.3, 0.4) is 0 Å². The van der Waals surface area contributed by atoms with Crippen LogP contribution in [-0.2, 0) is 0 Å². The van der Waals surface area contributed by atoms with Crippen LogP contribution >= 0.6 is 0 Å².